The minimum absolute atomic E-state index is 0.0318. The van der Waals surface area contributed by atoms with Crippen LogP contribution in [0.4, 0.5) is 24.7 Å². The van der Waals surface area contributed by atoms with Gasteiger partial charge in [0.15, 0.2) is 40.6 Å². The maximum absolute atomic E-state index is 13.2. The molecule has 2 saturated heterocycles. The number of hydrogen-bond acceptors (Lipinski definition) is 7. The fraction of sp³-hybridized carbons (Fsp3) is 0.333. The van der Waals surface area contributed by atoms with E-state index in [0.717, 1.165) is 18.6 Å². The van der Waals surface area contributed by atoms with E-state index >= 15 is 0 Å². The Hall–Kier alpha value is -1.90. The molecule has 2 fully saturated rings. The van der Waals surface area contributed by atoms with Crippen molar-refractivity contribution in [2.45, 2.75) is 30.9 Å². The summed E-state index contributed by atoms with van der Waals surface area (Å²) in [7, 11) is 0. The molecule has 1 aromatic heterocycles. The van der Waals surface area contributed by atoms with Gasteiger partial charge in [0.2, 0.25) is 0 Å². The van der Waals surface area contributed by atoms with Gasteiger partial charge in [0.05, 0.1) is 23.8 Å². The van der Waals surface area contributed by atoms with Crippen molar-refractivity contribution >= 4 is 61.3 Å². The van der Waals surface area contributed by atoms with Crippen molar-refractivity contribution in [3.63, 3.8) is 0 Å². The monoisotopic (exact) mass is 637 g/mol. The second-order valence-electron chi connectivity index (χ2n) is 7.62. The van der Waals surface area contributed by atoms with Crippen LogP contribution >= 0.6 is 38.9 Å². The molecule has 3 aromatic rings. The third-order valence-electron chi connectivity index (χ3n) is 5.47. The number of aromatic nitrogens is 2. The summed E-state index contributed by atoms with van der Waals surface area (Å²) in [5.74, 6) is 1.22. The van der Waals surface area contributed by atoms with Gasteiger partial charge in [-0.05, 0) is 30.7 Å². The minimum atomic E-state index is -4.48. The van der Waals surface area contributed by atoms with Crippen LogP contribution in [0.15, 0.2) is 41.1 Å². The molecule has 0 amide bonds. The molecule has 3 heterocycles. The molecule has 3 atom stereocenters. The molecule has 2 aliphatic heterocycles. The van der Waals surface area contributed by atoms with Crippen LogP contribution in [0, 0.1) is 0 Å². The molecule has 2 aliphatic rings. The first-order valence-electron chi connectivity index (χ1n) is 9.94. The maximum atomic E-state index is 13.2. The molecule has 0 aliphatic carbocycles. The Balaban J connectivity index is 1.47. The molecule has 0 saturated carbocycles. The number of hydrogen-bond donors (Lipinski definition) is 1. The number of rotatable bonds is 5. The largest absolute Gasteiger partial charge is 0.481 e. The second kappa shape index (κ2) is 9.04. The lowest BCUT2D eigenvalue weighted by atomic mass is 10.1. The first-order valence-corrected chi connectivity index (χ1v) is 11.6. The van der Waals surface area contributed by atoms with E-state index in [1.165, 1.54) is 12.4 Å². The number of nitrogens with zero attached hydrogens (tertiary/aromatic N) is 2. The summed E-state index contributed by atoms with van der Waals surface area (Å²) in [6.45, 7) is 1.05. The highest BCUT2D eigenvalue weighted by molar-refractivity contribution is 14.1. The quantitative estimate of drug-likeness (QED) is 0.354. The first-order chi connectivity index (χ1) is 15.8. The predicted octanol–water partition coefficient (Wildman–Crippen LogP) is 5.82. The fourth-order valence-electron chi connectivity index (χ4n) is 3.97. The molecule has 12 heteroatoms. The molecule has 2 unspecified atom stereocenters. The summed E-state index contributed by atoms with van der Waals surface area (Å²) in [6.07, 6.45) is -2.69. The molecule has 1 N–H and O–H groups in total. The highest BCUT2D eigenvalue weighted by Gasteiger charge is 2.43. The number of benzene rings is 2. The smallest absolute Gasteiger partial charge is 0.416 e. The number of fused-ring (bicyclic) bond motifs is 2. The van der Waals surface area contributed by atoms with Gasteiger partial charge in [0.25, 0.3) is 0 Å². The topological polar surface area (TPSA) is 74.7 Å². The lowest BCUT2D eigenvalue weighted by Gasteiger charge is -2.20. The molecule has 174 valence electrons. The molecular formula is C21H16BrF3IN3O4. The van der Waals surface area contributed by atoms with Gasteiger partial charge in [0.1, 0.15) is 18.2 Å². The van der Waals surface area contributed by atoms with Crippen LogP contribution in [-0.2, 0) is 15.7 Å². The van der Waals surface area contributed by atoms with E-state index in [1.54, 1.807) is 35.1 Å². The van der Waals surface area contributed by atoms with Crippen LogP contribution < -0.4 is 13.1 Å². The Bertz CT molecular complexity index is 1200. The third kappa shape index (κ3) is 4.70. The van der Waals surface area contributed by atoms with Crippen molar-refractivity contribution in [3.8, 4) is 11.5 Å². The molecule has 2 aromatic carbocycles. The van der Waals surface area contributed by atoms with Gasteiger partial charge in [-0.3, -0.25) is 0 Å². The summed E-state index contributed by atoms with van der Waals surface area (Å²) in [6, 6.07) is 6.96. The summed E-state index contributed by atoms with van der Waals surface area (Å²) in [4.78, 5) is 8.51. The van der Waals surface area contributed by atoms with Crippen LogP contribution in [0.25, 0.3) is 10.9 Å². The maximum Gasteiger partial charge on any atom is 0.416 e. The standard InChI is InChI=1S/C21H16BrF3IN3O4/c22-11-3-10(21(23,24)25)4-12(5-11)29-20-13-6-17(33-26)16(7-14(13)27-9-28-20)32-18-8-31-15-1-2-30-19(15)18/h3-7,9,15,18-19H,1-2,8H2,(H,27,28,29)/t15?,18-,19?/m1/s1. The van der Waals surface area contributed by atoms with Gasteiger partial charge in [-0.2, -0.15) is 13.2 Å². The highest BCUT2D eigenvalue weighted by atomic mass is 127. The Morgan fingerprint density at radius 1 is 1.09 bits per heavy atom. The SMILES string of the molecule is FC(F)(F)c1cc(Br)cc(Nc2ncnc3cc(O[C@@H]4COC5CCOC54)c(OI)cc23)c1. The molecule has 0 radical (unpaired) electrons. The van der Waals surface area contributed by atoms with Crippen LogP contribution in [0.3, 0.4) is 0 Å². The Morgan fingerprint density at radius 3 is 2.73 bits per heavy atom. The summed E-state index contributed by atoms with van der Waals surface area (Å²) >= 11 is 4.88. The predicted molar refractivity (Wildman–Crippen MR) is 125 cm³/mol. The van der Waals surface area contributed by atoms with Crippen molar-refractivity contribution in [3.05, 3.63) is 46.7 Å². The second-order valence-corrected chi connectivity index (χ2v) is 8.98. The van der Waals surface area contributed by atoms with E-state index in [9.17, 15) is 13.2 Å². The molecule has 0 bridgehead atoms. The molecule has 33 heavy (non-hydrogen) atoms. The van der Waals surface area contributed by atoms with E-state index in [1.807, 2.05) is 0 Å². The molecule has 5 rings (SSSR count). The lowest BCUT2D eigenvalue weighted by molar-refractivity contribution is -0.137. The van der Waals surface area contributed by atoms with Crippen LogP contribution in [-0.4, -0.2) is 41.5 Å². The van der Waals surface area contributed by atoms with Gasteiger partial charge >= 0.3 is 6.18 Å². The normalized spacial score (nSPS) is 22.4. The molecule has 7 nitrogen and oxygen atoms in total. The Labute approximate surface area is 208 Å². The lowest BCUT2D eigenvalue weighted by Crippen LogP contribution is -2.32. The van der Waals surface area contributed by atoms with Gasteiger partial charge in [-0.1, -0.05) is 15.9 Å². The van der Waals surface area contributed by atoms with Crippen molar-refractivity contribution < 1.29 is 30.4 Å². The zero-order chi connectivity index (χ0) is 23.2. The van der Waals surface area contributed by atoms with E-state index in [0.29, 0.717) is 41.4 Å². The molecular weight excluding hydrogens is 622 g/mol. The van der Waals surface area contributed by atoms with E-state index in [-0.39, 0.29) is 28.5 Å². The van der Waals surface area contributed by atoms with Gasteiger partial charge in [0, 0.05) is 28.2 Å². The Morgan fingerprint density at radius 2 is 1.94 bits per heavy atom. The molecule has 0 spiro atoms. The van der Waals surface area contributed by atoms with Crippen LogP contribution in [0.5, 0.6) is 11.5 Å². The number of nitrogens with one attached hydrogen (secondary N) is 1. The van der Waals surface area contributed by atoms with E-state index in [2.05, 4.69) is 31.2 Å². The highest BCUT2D eigenvalue weighted by Crippen LogP contribution is 2.39. The summed E-state index contributed by atoms with van der Waals surface area (Å²) < 4.78 is 63.0. The van der Waals surface area contributed by atoms with Crippen molar-refractivity contribution in [1.29, 1.82) is 0 Å². The van der Waals surface area contributed by atoms with E-state index < -0.39 is 11.7 Å². The number of halogens is 5. The number of anilines is 2. The van der Waals surface area contributed by atoms with Gasteiger partial charge in [-0.15, -0.1) is 0 Å². The van der Waals surface area contributed by atoms with Crippen LogP contribution in [0.1, 0.15) is 12.0 Å². The zero-order valence-electron chi connectivity index (χ0n) is 16.7. The van der Waals surface area contributed by atoms with Gasteiger partial charge < -0.3 is 22.6 Å². The summed E-state index contributed by atoms with van der Waals surface area (Å²) in [5.41, 5.74) is -0.0223. The van der Waals surface area contributed by atoms with Gasteiger partial charge in [-0.25, -0.2) is 9.97 Å². The number of ether oxygens (including phenoxy) is 3. The average molecular weight is 638 g/mol. The first kappa shape index (κ1) is 22.9. The van der Waals surface area contributed by atoms with Crippen LogP contribution in [0.2, 0.25) is 0 Å². The van der Waals surface area contributed by atoms with E-state index in [4.69, 9.17) is 17.3 Å². The minimum Gasteiger partial charge on any atom is -0.481 e. The summed E-state index contributed by atoms with van der Waals surface area (Å²) in [5, 5.41) is 3.51. The fourth-order valence-corrected chi connectivity index (χ4v) is 4.81. The zero-order valence-corrected chi connectivity index (χ0v) is 20.5. The number of alkyl halides is 3. The Kier molecular flexibility index (Phi) is 6.27. The van der Waals surface area contributed by atoms with Crippen molar-refractivity contribution in [2.75, 3.05) is 18.5 Å². The van der Waals surface area contributed by atoms with Crippen molar-refractivity contribution in [1.82, 2.24) is 9.97 Å². The average Bonchev–Trinajstić information content (AvgIpc) is 3.38. The third-order valence-corrected chi connectivity index (χ3v) is 6.40. The van der Waals surface area contributed by atoms with Crippen molar-refractivity contribution in [2.24, 2.45) is 0 Å².